The predicted octanol–water partition coefficient (Wildman–Crippen LogP) is 5.37. The Kier molecular flexibility index (Phi) is 10.3. The van der Waals surface area contributed by atoms with Crippen LogP contribution in [-0.2, 0) is 26.2 Å². The molecule has 0 aliphatic heterocycles. The average Bonchev–Trinajstić information content (AvgIpc) is 2.99. The van der Waals surface area contributed by atoms with E-state index in [9.17, 15) is 18.0 Å². The fraction of sp³-hybridized carbons (Fsp3) is 0.394. The minimum absolute atomic E-state index is 0.0804. The number of hydrogen-bond donors (Lipinski definition) is 1. The van der Waals surface area contributed by atoms with E-state index < -0.39 is 28.5 Å². The molecule has 8 nitrogen and oxygen atoms in total. The molecule has 1 aliphatic rings. The summed E-state index contributed by atoms with van der Waals surface area (Å²) in [6.07, 6.45) is 5.13. The first-order valence-corrected chi connectivity index (χ1v) is 15.9. The molecule has 0 heterocycles. The molecule has 1 saturated carbocycles. The lowest BCUT2D eigenvalue weighted by atomic mass is 9.95. The van der Waals surface area contributed by atoms with Gasteiger partial charge in [-0.15, -0.1) is 0 Å². The molecular weight excluding hydrogens is 550 g/mol. The Morgan fingerprint density at radius 1 is 0.952 bits per heavy atom. The molecule has 1 fully saturated rings. The molecule has 224 valence electrons. The Balaban J connectivity index is 1.69. The summed E-state index contributed by atoms with van der Waals surface area (Å²) in [5.74, 6) is -0.0426. The molecule has 3 aromatic rings. The normalized spacial score (nSPS) is 14.6. The fourth-order valence-corrected chi connectivity index (χ4v) is 6.90. The van der Waals surface area contributed by atoms with Gasteiger partial charge in [-0.3, -0.25) is 13.9 Å². The number of aryl methyl sites for hydroxylation is 2. The number of benzene rings is 3. The molecule has 9 heteroatoms. The number of hydrogen-bond acceptors (Lipinski definition) is 5. The van der Waals surface area contributed by atoms with E-state index in [2.05, 4.69) is 5.32 Å². The first kappa shape index (κ1) is 31.1. The highest BCUT2D eigenvalue weighted by Gasteiger charge is 2.33. The van der Waals surface area contributed by atoms with E-state index in [0.29, 0.717) is 11.4 Å². The van der Waals surface area contributed by atoms with Gasteiger partial charge in [0, 0.05) is 12.6 Å². The van der Waals surface area contributed by atoms with Crippen LogP contribution in [0, 0.1) is 13.8 Å². The van der Waals surface area contributed by atoms with Gasteiger partial charge in [0.2, 0.25) is 11.8 Å². The molecule has 4 rings (SSSR count). The summed E-state index contributed by atoms with van der Waals surface area (Å²) >= 11 is 0. The second kappa shape index (κ2) is 13.9. The molecule has 1 aliphatic carbocycles. The number of amides is 2. The Hall–Kier alpha value is -3.85. The zero-order valence-electron chi connectivity index (χ0n) is 24.9. The number of ether oxygens (including phenoxy) is 1. The third-order valence-electron chi connectivity index (χ3n) is 7.86. The molecular formula is C33H41N3O5S. The average molecular weight is 592 g/mol. The van der Waals surface area contributed by atoms with Gasteiger partial charge in [-0.1, -0.05) is 67.3 Å². The van der Waals surface area contributed by atoms with Crippen LogP contribution in [0.2, 0.25) is 0 Å². The summed E-state index contributed by atoms with van der Waals surface area (Å²) in [6, 6.07) is 20.1. The highest BCUT2D eigenvalue weighted by Crippen LogP contribution is 2.28. The number of rotatable bonds is 11. The maximum Gasteiger partial charge on any atom is 0.264 e. The third-order valence-corrected chi connectivity index (χ3v) is 9.64. The number of carbonyl (C=O) groups excluding carboxylic acids is 2. The van der Waals surface area contributed by atoms with Crippen molar-refractivity contribution in [3.8, 4) is 5.75 Å². The zero-order valence-corrected chi connectivity index (χ0v) is 25.7. The van der Waals surface area contributed by atoms with Crippen molar-refractivity contribution in [3.05, 3.63) is 89.5 Å². The summed E-state index contributed by atoms with van der Waals surface area (Å²) in [5.41, 5.74) is 2.92. The van der Waals surface area contributed by atoms with E-state index in [4.69, 9.17) is 4.74 Å². The van der Waals surface area contributed by atoms with E-state index in [-0.39, 0.29) is 23.4 Å². The van der Waals surface area contributed by atoms with Crippen molar-refractivity contribution in [2.75, 3.05) is 18.0 Å². The van der Waals surface area contributed by atoms with Crippen molar-refractivity contribution in [1.82, 2.24) is 10.2 Å². The summed E-state index contributed by atoms with van der Waals surface area (Å²) in [5, 5.41) is 3.13. The number of sulfonamides is 1. The maximum atomic E-state index is 14.2. The maximum absolute atomic E-state index is 14.2. The number of carbonyl (C=O) groups is 2. The first-order chi connectivity index (χ1) is 20.1. The molecule has 0 spiro atoms. The van der Waals surface area contributed by atoms with E-state index in [1.54, 1.807) is 50.4 Å². The highest BCUT2D eigenvalue weighted by atomic mass is 32.2. The van der Waals surface area contributed by atoms with Gasteiger partial charge in [0.25, 0.3) is 10.0 Å². The monoisotopic (exact) mass is 591 g/mol. The smallest absolute Gasteiger partial charge is 0.264 e. The Morgan fingerprint density at radius 2 is 1.62 bits per heavy atom. The van der Waals surface area contributed by atoms with E-state index >= 15 is 0 Å². The molecule has 0 bridgehead atoms. The van der Waals surface area contributed by atoms with Crippen LogP contribution in [0.25, 0.3) is 0 Å². The van der Waals surface area contributed by atoms with E-state index in [0.717, 1.165) is 53.1 Å². The van der Waals surface area contributed by atoms with Crippen molar-refractivity contribution in [2.24, 2.45) is 0 Å². The lowest BCUT2D eigenvalue weighted by Gasteiger charge is -2.33. The van der Waals surface area contributed by atoms with Crippen LogP contribution in [0.15, 0.2) is 77.7 Å². The summed E-state index contributed by atoms with van der Waals surface area (Å²) < 4.78 is 34.4. The SMILES string of the molecule is COc1ccc(CN(C(=O)CN(c2ccc(C)cc2C)S(=O)(=O)c2ccccc2)[C@@H](C)C(=O)NC2CCCCC2)cc1. The van der Waals surface area contributed by atoms with Crippen molar-refractivity contribution >= 4 is 27.5 Å². The molecule has 0 radical (unpaired) electrons. The minimum atomic E-state index is -4.10. The molecule has 1 N–H and O–H groups in total. The molecule has 3 aromatic carbocycles. The van der Waals surface area contributed by atoms with Crippen molar-refractivity contribution in [2.45, 2.75) is 76.4 Å². The second-order valence-electron chi connectivity index (χ2n) is 11.0. The fourth-order valence-electron chi connectivity index (χ4n) is 5.40. The van der Waals surface area contributed by atoms with Gasteiger partial charge in [-0.25, -0.2) is 8.42 Å². The minimum Gasteiger partial charge on any atom is -0.497 e. The number of anilines is 1. The molecule has 0 unspecified atom stereocenters. The predicted molar refractivity (Wildman–Crippen MR) is 165 cm³/mol. The van der Waals surface area contributed by atoms with Crippen LogP contribution in [0.5, 0.6) is 5.75 Å². The zero-order chi connectivity index (χ0) is 30.3. The number of methoxy groups -OCH3 is 1. The third kappa shape index (κ3) is 7.50. The van der Waals surface area contributed by atoms with Crippen molar-refractivity contribution < 1.29 is 22.7 Å². The van der Waals surface area contributed by atoms with Gasteiger partial charge < -0.3 is 15.0 Å². The van der Waals surface area contributed by atoms with E-state index in [1.807, 2.05) is 38.1 Å². The first-order valence-electron chi connectivity index (χ1n) is 14.5. The topological polar surface area (TPSA) is 96.0 Å². The highest BCUT2D eigenvalue weighted by molar-refractivity contribution is 7.92. The van der Waals surface area contributed by atoms with Crippen LogP contribution in [-0.4, -0.2) is 50.9 Å². The number of nitrogens with zero attached hydrogens (tertiary/aromatic N) is 2. The Morgan fingerprint density at radius 3 is 2.24 bits per heavy atom. The van der Waals surface area contributed by atoms with E-state index in [1.165, 1.54) is 17.0 Å². The molecule has 42 heavy (non-hydrogen) atoms. The van der Waals surface area contributed by atoms with Gasteiger partial charge in [-0.05, 0) is 75.1 Å². The second-order valence-corrected chi connectivity index (χ2v) is 12.9. The van der Waals surface area contributed by atoms with Crippen LogP contribution in [0.3, 0.4) is 0 Å². The van der Waals surface area contributed by atoms with Gasteiger partial charge in [0.1, 0.15) is 18.3 Å². The van der Waals surface area contributed by atoms with Gasteiger partial charge >= 0.3 is 0 Å². The van der Waals surface area contributed by atoms with Gasteiger partial charge in [0.05, 0.1) is 17.7 Å². The Bertz CT molecular complexity index is 1470. The molecule has 2 amide bonds. The van der Waals surface area contributed by atoms with Crippen molar-refractivity contribution in [1.29, 1.82) is 0 Å². The quantitative estimate of drug-likeness (QED) is 0.323. The molecule has 0 saturated heterocycles. The standard InChI is InChI=1S/C33H41N3O5S/c1-24-15-20-31(25(2)21-24)36(42(39,40)30-13-9-6-10-14-30)23-32(37)35(22-27-16-18-29(41-4)19-17-27)26(3)33(38)34-28-11-7-5-8-12-28/h6,9-10,13-21,26,28H,5,7-8,11-12,22-23H2,1-4H3,(H,34,38)/t26-/m0/s1. The largest absolute Gasteiger partial charge is 0.497 e. The number of nitrogens with one attached hydrogen (secondary N) is 1. The van der Waals surface area contributed by atoms with Crippen LogP contribution < -0.4 is 14.4 Å². The van der Waals surface area contributed by atoms with Gasteiger partial charge in [-0.2, -0.15) is 0 Å². The van der Waals surface area contributed by atoms with Gasteiger partial charge in [0.15, 0.2) is 0 Å². The van der Waals surface area contributed by atoms with Crippen LogP contribution in [0.4, 0.5) is 5.69 Å². The lowest BCUT2D eigenvalue weighted by Crippen LogP contribution is -2.53. The molecule has 1 atom stereocenters. The van der Waals surface area contributed by atoms with Crippen LogP contribution >= 0.6 is 0 Å². The summed E-state index contributed by atoms with van der Waals surface area (Å²) in [7, 11) is -2.52. The van der Waals surface area contributed by atoms with Crippen LogP contribution in [0.1, 0.15) is 55.7 Å². The molecule has 0 aromatic heterocycles. The van der Waals surface area contributed by atoms with Crippen molar-refractivity contribution in [3.63, 3.8) is 0 Å². The summed E-state index contributed by atoms with van der Waals surface area (Å²) in [6.45, 7) is 5.14. The lowest BCUT2D eigenvalue weighted by molar-refractivity contribution is -0.139. The summed E-state index contributed by atoms with van der Waals surface area (Å²) in [4.78, 5) is 29.2. The Labute approximate surface area is 249 Å².